The summed E-state index contributed by atoms with van der Waals surface area (Å²) in [6.07, 6.45) is 1.63. The molecule has 1 heterocycles. The fourth-order valence-electron chi connectivity index (χ4n) is 2.25. The summed E-state index contributed by atoms with van der Waals surface area (Å²) in [7, 11) is 1.85. The maximum Gasteiger partial charge on any atom is 0.228 e. The number of para-hydroxylation sites is 1. The van der Waals surface area contributed by atoms with Crippen molar-refractivity contribution in [1.29, 1.82) is 0 Å². The second kappa shape index (κ2) is 4.88. The molecule has 3 nitrogen and oxygen atoms in total. The lowest BCUT2D eigenvalue weighted by Gasteiger charge is -2.33. The van der Waals surface area contributed by atoms with E-state index in [1.54, 1.807) is 4.90 Å². The van der Waals surface area contributed by atoms with E-state index in [2.05, 4.69) is 25.2 Å². The van der Waals surface area contributed by atoms with E-state index in [1.807, 2.05) is 25.2 Å². The highest BCUT2D eigenvalue weighted by Crippen LogP contribution is 2.33. The first-order chi connectivity index (χ1) is 8.13. The molecule has 2 rings (SSSR count). The standard InChI is InChI=1S/C14H20N2O/c1-4-10(2)15-12-9-14(17)16(3)13-8-6-5-7-11(12)13/h5-8,10,12,15H,4,9H2,1-3H3. The van der Waals surface area contributed by atoms with E-state index in [-0.39, 0.29) is 11.9 Å². The Morgan fingerprint density at radius 1 is 1.47 bits per heavy atom. The summed E-state index contributed by atoms with van der Waals surface area (Å²) in [5.41, 5.74) is 2.26. The predicted molar refractivity (Wildman–Crippen MR) is 70.1 cm³/mol. The van der Waals surface area contributed by atoms with Crippen LogP contribution in [0.15, 0.2) is 24.3 Å². The molecule has 92 valence electrons. The van der Waals surface area contributed by atoms with Gasteiger partial charge in [-0.3, -0.25) is 4.79 Å². The minimum Gasteiger partial charge on any atom is -0.315 e. The van der Waals surface area contributed by atoms with Crippen LogP contribution < -0.4 is 10.2 Å². The molecule has 3 heteroatoms. The van der Waals surface area contributed by atoms with Crippen molar-refractivity contribution in [1.82, 2.24) is 5.32 Å². The number of rotatable bonds is 3. The van der Waals surface area contributed by atoms with Gasteiger partial charge in [0, 0.05) is 31.2 Å². The summed E-state index contributed by atoms with van der Waals surface area (Å²) in [6, 6.07) is 8.73. The monoisotopic (exact) mass is 232 g/mol. The van der Waals surface area contributed by atoms with Crippen LogP contribution in [0, 0.1) is 0 Å². The van der Waals surface area contributed by atoms with E-state index < -0.39 is 0 Å². The van der Waals surface area contributed by atoms with E-state index >= 15 is 0 Å². The molecule has 0 aliphatic carbocycles. The molecule has 1 N–H and O–H groups in total. The van der Waals surface area contributed by atoms with Gasteiger partial charge in [-0.25, -0.2) is 0 Å². The van der Waals surface area contributed by atoms with E-state index in [1.165, 1.54) is 5.56 Å². The number of carbonyl (C=O) groups is 1. The molecular weight excluding hydrogens is 212 g/mol. The van der Waals surface area contributed by atoms with Crippen LogP contribution in [0.25, 0.3) is 0 Å². The van der Waals surface area contributed by atoms with Gasteiger partial charge < -0.3 is 10.2 Å². The molecule has 2 unspecified atom stereocenters. The minimum atomic E-state index is 0.157. The molecule has 1 aromatic rings. The third-order valence-electron chi connectivity index (χ3n) is 3.52. The highest BCUT2D eigenvalue weighted by molar-refractivity contribution is 5.96. The van der Waals surface area contributed by atoms with Crippen molar-refractivity contribution in [2.75, 3.05) is 11.9 Å². The van der Waals surface area contributed by atoms with Gasteiger partial charge in [-0.05, 0) is 25.0 Å². The van der Waals surface area contributed by atoms with Crippen LogP contribution >= 0.6 is 0 Å². The molecule has 1 aliphatic heterocycles. The molecule has 1 aliphatic rings. The fourth-order valence-corrected chi connectivity index (χ4v) is 2.25. The zero-order chi connectivity index (χ0) is 12.4. The van der Waals surface area contributed by atoms with Gasteiger partial charge >= 0.3 is 0 Å². The Bertz CT molecular complexity index is 416. The highest BCUT2D eigenvalue weighted by atomic mass is 16.2. The SMILES string of the molecule is CCC(C)NC1CC(=O)N(C)c2ccccc21. The summed E-state index contributed by atoms with van der Waals surface area (Å²) in [5, 5.41) is 3.53. The molecule has 0 saturated carbocycles. The first-order valence-corrected chi connectivity index (χ1v) is 6.25. The zero-order valence-electron chi connectivity index (χ0n) is 10.7. The predicted octanol–water partition coefficient (Wildman–Crippen LogP) is 2.48. The molecule has 0 radical (unpaired) electrons. The molecule has 0 bridgehead atoms. The number of hydrogen-bond acceptors (Lipinski definition) is 2. The van der Waals surface area contributed by atoms with E-state index in [4.69, 9.17) is 0 Å². The molecule has 0 saturated heterocycles. The Morgan fingerprint density at radius 2 is 2.18 bits per heavy atom. The Hall–Kier alpha value is -1.35. The third-order valence-corrected chi connectivity index (χ3v) is 3.52. The molecular formula is C14H20N2O. The van der Waals surface area contributed by atoms with Crippen molar-refractivity contribution in [2.45, 2.75) is 38.8 Å². The first-order valence-electron chi connectivity index (χ1n) is 6.25. The quantitative estimate of drug-likeness (QED) is 0.868. The number of amides is 1. The Balaban J connectivity index is 2.30. The van der Waals surface area contributed by atoms with Crippen LogP contribution in [0.3, 0.4) is 0 Å². The smallest absolute Gasteiger partial charge is 0.228 e. The van der Waals surface area contributed by atoms with E-state index in [0.29, 0.717) is 12.5 Å². The molecule has 0 fully saturated rings. The van der Waals surface area contributed by atoms with Gasteiger partial charge in [-0.15, -0.1) is 0 Å². The number of nitrogens with zero attached hydrogens (tertiary/aromatic N) is 1. The molecule has 2 atom stereocenters. The topological polar surface area (TPSA) is 32.3 Å². The maximum atomic E-state index is 11.9. The van der Waals surface area contributed by atoms with Crippen molar-refractivity contribution in [3.63, 3.8) is 0 Å². The van der Waals surface area contributed by atoms with E-state index in [0.717, 1.165) is 12.1 Å². The fraction of sp³-hybridized carbons (Fsp3) is 0.500. The van der Waals surface area contributed by atoms with Crippen LogP contribution in [0.1, 0.15) is 38.3 Å². The number of hydrogen-bond donors (Lipinski definition) is 1. The molecule has 0 aromatic heterocycles. The Labute approximate surface area is 103 Å². The van der Waals surface area contributed by atoms with Crippen molar-refractivity contribution >= 4 is 11.6 Å². The number of nitrogens with one attached hydrogen (secondary N) is 1. The van der Waals surface area contributed by atoms with E-state index in [9.17, 15) is 4.79 Å². The lowest BCUT2D eigenvalue weighted by Crippen LogP contribution is -2.40. The molecule has 17 heavy (non-hydrogen) atoms. The first kappa shape index (κ1) is 12.1. The van der Waals surface area contributed by atoms with Gasteiger partial charge in [-0.2, -0.15) is 0 Å². The Kier molecular flexibility index (Phi) is 3.48. The highest BCUT2D eigenvalue weighted by Gasteiger charge is 2.28. The van der Waals surface area contributed by atoms with Crippen molar-refractivity contribution < 1.29 is 4.79 Å². The van der Waals surface area contributed by atoms with Gasteiger partial charge in [-0.1, -0.05) is 25.1 Å². The Morgan fingerprint density at radius 3 is 2.88 bits per heavy atom. The molecule has 1 amide bonds. The van der Waals surface area contributed by atoms with Crippen LogP contribution in [0.4, 0.5) is 5.69 Å². The largest absolute Gasteiger partial charge is 0.315 e. The average Bonchev–Trinajstić information content (AvgIpc) is 2.35. The number of carbonyl (C=O) groups excluding carboxylic acids is 1. The summed E-state index contributed by atoms with van der Waals surface area (Å²) in [6.45, 7) is 4.31. The van der Waals surface area contributed by atoms with Gasteiger partial charge in [0.05, 0.1) is 0 Å². The van der Waals surface area contributed by atoms with Gasteiger partial charge in [0.2, 0.25) is 5.91 Å². The number of fused-ring (bicyclic) bond motifs is 1. The summed E-state index contributed by atoms with van der Waals surface area (Å²) in [4.78, 5) is 13.7. The van der Waals surface area contributed by atoms with Gasteiger partial charge in [0.15, 0.2) is 0 Å². The van der Waals surface area contributed by atoms with Crippen LogP contribution in [0.2, 0.25) is 0 Å². The number of anilines is 1. The van der Waals surface area contributed by atoms with Gasteiger partial charge in [0.1, 0.15) is 0 Å². The van der Waals surface area contributed by atoms with Crippen LogP contribution in [-0.4, -0.2) is 19.0 Å². The summed E-state index contributed by atoms with van der Waals surface area (Å²) >= 11 is 0. The summed E-state index contributed by atoms with van der Waals surface area (Å²) < 4.78 is 0. The summed E-state index contributed by atoms with van der Waals surface area (Å²) in [5.74, 6) is 0.185. The molecule has 0 spiro atoms. The van der Waals surface area contributed by atoms with Crippen molar-refractivity contribution in [3.8, 4) is 0 Å². The van der Waals surface area contributed by atoms with Crippen molar-refractivity contribution in [3.05, 3.63) is 29.8 Å². The normalized spacial score (nSPS) is 21.2. The average molecular weight is 232 g/mol. The lowest BCUT2D eigenvalue weighted by molar-refractivity contribution is -0.119. The number of benzene rings is 1. The lowest BCUT2D eigenvalue weighted by atomic mass is 9.95. The second-order valence-electron chi connectivity index (χ2n) is 4.74. The maximum absolute atomic E-state index is 11.9. The van der Waals surface area contributed by atoms with Crippen LogP contribution in [0.5, 0.6) is 0 Å². The second-order valence-corrected chi connectivity index (χ2v) is 4.74. The van der Waals surface area contributed by atoms with Gasteiger partial charge in [0.25, 0.3) is 0 Å². The van der Waals surface area contributed by atoms with Crippen molar-refractivity contribution in [2.24, 2.45) is 0 Å². The molecule has 1 aromatic carbocycles. The third kappa shape index (κ3) is 2.34. The minimum absolute atomic E-state index is 0.157. The van der Waals surface area contributed by atoms with Crippen LogP contribution in [-0.2, 0) is 4.79 Å². The zero-order valence-corrected chi connectivity index (χ0v) is 10.7.